The first-order chi connectivity index (χ1) is 10.1. The average Bonchev–Trinajstić information content (AvgIpc) is 2.88. The fraction of sp³-hybridized carbons (Fsp3) is 0.500. The first-order valence-electron chi connectivity index (χ1n) is 7.12. The summed E-state index contributed by atoms with van der Waals surface area (Å²) in [6.07, 6.45) is 3.68. The molecular weight excluding hydrogens is 284 g/mol. The minimum Gasteiger partial charge on any atom is -0.392 e. The Hall–Kier alpha value is -1.73. The van der Waals surface area contributed by atoms with Crippen molar-refractivity contribution < 1.29 is 0 Å². The molecule has 0 saturated carbocycles. The van der Waals surface area contributed by atoms with E-state index >= 15 is 0 Å². The highest BCUT2D eigenvalue weighted by atomic mass is 32.1. The number of piperazine rings is 1. The van der Waals surface area contributed by atoms with Crippen molar-refractivity contribution in [3.63, 3.8) is 0 Å². The van der Waals surface area contributed by atoms with E-state index in [4.69, 9.17) is 18.0 Å². The molecule has 0 aliphatic carbocycles. The van der Waals surface area contributed by atoms with Gasteiger partial charge in [0.25, 0.3) is 0 Å². The lowest BCUT2D eigenvalue weighted by molar-refractivity contribution is 0.239. The van der Waals surface area contributed by atoms with E-state index in [0.29, 0.717) is 4.99 Å². The van der Waals surface area contributed by atoms with Crippen LogP contribution in [0.15, 0.2) is 18.6 Å². The molecule has 0 spiro atoms. The topological polar surface area (TPSA) is 63.2 Å². The standard InChI is InChI=1S/C14H20N6S/c1-10(13(15)21)19-5-7-20(8-6-19)14-12-11(3-4-16-14)18(2)9-17-12/h3-4,9-10H,5-8H2,1-2H3,(H2,15,21). The van der Waals surface area contributed by atoms with E-state index in [0.717, 1.165) is 43.0 Å². The van der Waals surface area contributed by atoms with Gasteiger partial charge in [-0.1, -0.05) is 12.2 Å². The Labute approximate surface area is 129 Å². The zero-order valence-electron chi connectivity index (χ0n) is 12.4. The Morgan fingerprint density at radius 2 is 2.00 bits per heavy atom. The van der Waals surface area contributed by atoms with E-state index in [1.54, 1.807) is 0 Å². The van der Waals surface area contributed by atoms with Crippen molar-refractivity contribution in [2.24, 2.45) is 12.8 Å². The molecule has 1 saturated heterocycles. The third-order valence-electron chi connectivity index (χ3n) is 4.20. The maximum absolute atomic E-state index is 5.74. The van der Waals surface area contributed by atoms with Gasteiger partial charge < -0.3 is 15.2 Å². The summed E-state index contributed by atoms with van der Waals surface area (Å²) in [6.45, 7) is 5.76. The normalized spacial score (nSPS) is 18.1. The first kappa shape index (κ1) is 14.2. The van der Waals surface area contributed by atoms with E-state index in [1.165, 1.54) is 0 Å². The number of anilines is 1. The van der Waals surface area contributed by atoms with Gasteiger partial charge in [-0.15, -0.1) is 0 Å². The van der Waals surface area contributed by atoms with E-state index < -0.39 is 0 Å². The molecular formula is C14H20N6S. The molecule has 3 rings (SSSR count). The summed E-state index contributed by atoms with van der Waals surface area (Å²) in [5.41, 5.74) is 7.82. The molecule has 6 nitrogen and oxygen atoms in total. The van der Waals surface area contributed by atoms with Gasteiger partial charge in [-0.2, -0.15) is 0 Å². The van der Waals surface area contributed by atoms with Crippen LogP contribution in [0.5, 0.6) is 0 Å². The van der Waals surface area contributed by atoms with Crippen LogP contribution >= 0.6 is 12.2 Å². The number of hydrogen-bond acceptors (Lipinski definition) is 5. The number of pyridine rings is 1. The quantitative estimate of drug-likeness (QED) is 0.845. The van der Waals surface area contributed by atoms with Crippen molar-refractivity contribution in [1.29, 1.82) is 0 Å². The molecule has 1 atom stereocenters. The number of nitrogens with zero attached hydrogens (tertiary/aromatic N) is 5. The molecule has 2 aromatic rings. The Morgan fingerprint density at radius 1 is 1.29 bits per heavy atom. The molecule has 0 aromatic carbocycles. The zero-order valence-corrected chi connectivity index (χ0v) is 13.2. The van der Waals surface area contributed by atoms with Gasteiger partial charge in [-0.25, -0.2) is 9.97 Å². The number of fused-ring (bicyclic) bond motifs is 1. The van der Waals surface area contributed by atoms with Crippen molar-refractivity contribution >= 4 is 34.1 Å². The fourth-order valence-corrected chi connectivity index (χ4v) is 2.93. The molecule has 1 fully saturated rings. The van der Waals surface area contributed by atoms with Crippen molar-refractivity contribution in [2.45, 2.75) is 13.0 Å². The summed E-state index contributed by atoms with van der Waals surface area (Å²) in [5.74, 6) is 0.968. The van der Waals surface area contributed by atoms with Crippen LogP contribution in [-0.4, -0.2) is 56.6 Å². The zero-order chi connectivity index (χ0) is 15.0. The van der Waals surface area contributed by atoms with E-state index in [1.807, 2.05) is 30.2 Å². The molecule has 0 amide bonds. The third kappa shape index (κ3) is 2.58. The van der Waals surface area contributed by atoms with E-state index in [9.17, 15) is 0 Å². The highest BCUT2D eigenvalue weighted by Crippen LogP contribution is 2.23. The second kappa shape index (κ2) is 5.57. The fourth-order valence-electron chi connectivity index (χ4n) is 2.78. The Kier molecular flexibility index (Phi) is 3.77. The highest BCUT2D eigenvalue weighted by Gasteiger charge is 2.24. The molecule has 7 heteroatoms. The van der Waals surface area contributed by atoms with Crippen LogP contribution in [0.1, 0.15) is 6.92 Å². The predicted octanol–water partition coefficient (Wildman–Crippen LogP) is 0.765. The van der Waals surface area contributed by atoms with Gasteiger partial charge in [0.05, 0.1) is 22.9 Å². The number of aromatic nitrogens is 3. The number of nitrogens with two attached hydrogens (primary N) is 1. The molecule has 2 aromatic heterocycles. The minimum absolute atomic E-state index is 0.153. The number of rotatable bonds is 3. The van der Waals surface area contributed by atoms with Crippen LogP contribution in [-0.2, 0) is 7.05 Å². The maximum Gasteiger partial charge on any atom is 0.156 e. The largest absolute Gasteiger partial charge is 0.392 e. The van der Waals surface area contributed by atoms with Crippen LogP contribution in [0.2, 0.25) is 0 Å². The summed E-state index contributed by atoms with van der Waals surface area (Å²) < 4.78 is 2.02. The number of thiocarbonyl (C=S) groups is 1. The minimum atomic E-state index is 0.153. The third-order valence-corrected chi connectivity index (χ3v) is 4.54. The van der Waals surface area contributed by atoms with E-state index in [-0.39, 0.29) is 6.04 Å². The van der Waals surface area contributed by atoms with Crippen molar-refractivity contribution in [3.8, 4) is 0 Å². The van der Waals surface area contributed by atoms with E-state index in [2.05, 4.69) is 26.7 Å². The van der Waals surface area contributed by atoms with Gasteiger partial charge in [0, 0.05) is 39.4 Å². The van der Waals surface area contributed by atoms with Crippen LogP contribution in [0, 0.1) is 0 Å². The average molecular weight is 304 g/mol. The molecule has 0 bridgehead atoms. The molecule has 1 aliphatic heterocycles. The highest BCUT2D eigenvalue weighted by molar-refractivity contribution is 7.80. The summed E-state index contributed by atoms with van der Waals surface area (Å²) >= 11 is 5.09. The lowest BCUT2D eigenvalue weighted by atomic mass is 10.2. The van der Waals surface area contributed by atoms with Crippen LogP contribution < -0.4 is 10.6 Å². The second-order valence-electron chi connectivity index (χ2n) is 5.46. The van der Waals surface area contributed by atoms with Crippen molar-refractivity contribution in [1.82, 2.24) is 19.4 Å². The number of imidazole rings is 1. The molecule has 112 valence electrons. The maximum atomic E-state index is 5.74. The molecule has 1 unspecified atom stereocenters. The summed E-state index contributed by atoms with van der Waals surface area (Å²) in [4.78, 5) is 14.2. The number of aryl methyl sites for hydroxylation is 1. The van der Waals surface area contributed by atoms with Gasteiger partial charge >= 0.3 is 0 Å². The first-order valence-corrected chi connectivity index (χ1v) is 7.53. The SMILES string of the molecule is CC(C(N)=S)N1CCN(c2nccc3c2ncn3C)CC1. The Morgan fingerprint density at radius 3 is 2.67 bits per heavy atom. The molecule has 3 heterocycles. The monoisotopic (exact) mass is 304 g/mol. The second-order valence-corrected chi connectivity index (χ2v) is 5.93. The molecule has 0 radical (unpaired) electrons. The van der Waals surface area contributed by atoms with Crippen molar-refractivity contribution in [2.75, 3.05) is 31.1 Å². The van der Waals surface area contributed by atoms with Crippen LogP contribution in [0.25, 0.3) is 11.0 Å². The summed E-state index contributed by atoms with van der Waals surface area (Å²) in [7, 11) is 2.00. The molecule has 21 heavy (non-hydrogen) atoms. The summed E-state index contributed by atoms with van der Waals surface area (Å²) in [5, 5.41) is 0. The predicted molar refractivity (Wildman–Crippen MR) is 88.5 cm³/mol. The Bertz CT molecular complexity index is 659. The van der Waals surface area contributed by atoms with Gasteiger partial charge in [0.2, 0.25) is 0 Å². The number of hydrogen-bond donors (Lipinski definition) is 1. The van der Waals surface area contributed by atoms with Gasteiger partial charge in [-0.05, 0) is 13.0 Å². The van der Waals surface area contributed by atoms with Gasteiger partial charge in [0.15, 0.2) is 5.82 Å². The smallest absolute Gasteiger partial charge is 0.156 e. The van der Waals surface area contributed by atoms with Crippen molar-refractivity contribution in [3.05, 3.63) is 18.6 Å². The lowest BCUT2D eigenvalue weighted by Gasteiger charge is -2.38. The Balaban J connectivity index is 1.78. The molecule has 1 aliphatic rings. The van der Waals surface area contributed by atoms with Crippen LogP contribution in [0.4, 0.5) is 5.82 Å². The van der Waals surface area contributed by atoms with Gasteiger partial charge in [0.1, 0.15) is 5.52 Å². The van der Waals surface area contributed by atoms with Gasteiger partial charge in [-0.3, -0.25) is 4.90 Å². The van der Waals surface area contributed by atoms with Crippen LogP contribution in [0.3, 0.4) is 0 Å². The lowest BCUT2D eigenvalue weighted by Crippen LogP contribution is -2.53. The molecule has 2 N–H and O–H groups in total. The summed E-state index contributed by atoms with van der Waals surface area (Å²) in [6, 6.07) is 2.15.